The number of carbonyl (C=O) groups is 3. The van der Waals surface area contributed by atoms with Crippen LogP contribution < -0.4 is 56.9 Å². The predicted octanol–water partition coefficient (Wildman–Crippen LogP) is -3.51. The van der Waals surface area contributed by atoms with E-state index >= 15 is 0 Å². The molecule has 0 fully saturated rings. The zero-order valence-electron chi connectivity index (χ0n) is 19.8. The standard InChI is InChI=1S/C22H35N5O6.Na/c23-22(24)25-15-17-9-2-1-7-16(17)8-3-5-13-33-14-6-4-10-19(28)26-18(21(31)27-32)11-12-20(29)30;/h1-2,7,9,18,32H,3-6,8,10-15H2,(H,26,28)(H,27,31)(H,29,30)(H4,23,24,25);/q;+1/p-1. The third-order valence-corrected chi connectivity index (χ3v) is 4.88. The molecule has 1 unspecified atom stereocenters. The largest absolute Gasteiger partial charge is 1.00 e. The Balaban J connectivity index is 0.0000109. The molecule has 12 heteroatoms. The first-order valence-electron chi connectivity index (χ1n) is 11.0. The SMILES string of the molecule is NC(N)=NCc1ccccc1CCCCOCCCCC(=O)NC(CCC(=O)[O-])C(=O)NO.[Na+]. The van der Waals surface area contributed by atoms with Gasteiger partial charge in [-0.1, -0.05) is 24.3 Å². The molecule has 1 aromatic rings. The zero-order chi connectivity index (χ0) is 24.5. The van der Waals surface area contributed by atoms with Crippen molar-refractivity contribution in [2.75, 3.05) is 13.2 Å². The first-order chi connectivity index (χ1) is 15.8. The third kappa shape index (κ3) is 14.9. The maximum absolute atomic E-state index is 11.9. The van der Waals surface area contributed by atoms with E-state index in [4.69, 9.17) is 21.4 Å². The molecule has 0 saturated heterocycles. The number of hydrogen-bond acceptors (Lipinski definition) is 7. The number of carbonyl (C=O) groups excluding carboxylic acids is 3. The summed E-state index contributed by atoms with van der Waals surface area (Å²) in [6, 6.07) is 6.90. The van der Waals surface area contributed by atoms with Crippen LogP contribution in [0, 0.1) is 0 Å². The van der Waals surface area contributed by atoms with Crippen LogP contribution in [0.25, 0.3) is 0 Å². The summed E-state index contributed by atoms with van der Waals surface area (Å²) in [7, 11) is 0. The molecule has 0 bridgehead atoms. The molecule has 11 nitrogen and oxygen atoms in total. The van der Waals surface area contributed by atoms with Crippen LogP contribution in [-0.4, -0.2) is 48.2 Å². The maximum atomic E-state index is 11.9. The van der Waals surface area contributed by atoms with Crippen molar-refractivity contribution < 1.29 is 59.0 Å². The van der Waals surface area contributed by atoms with Crippen molar-refractivity contribution in [3.8, 4) is 0 Å². The number of nitrogens with two attached hydrogens (primary N) is 2. The summed E-state index contributed by atoms with van der Waals surface area (Å²) in [5.41, 5.74) is 14.5. The van der Waals surface area contributed by atoms with Gasteiger partial charge in [0.2, 0.25) is 5.91 Å². The molecule has 0 aromatic heterocycles. The zero-order valence-corrected chi connectivity index (χ0v) is 21.8. The molecule has 0 aliphatic carbocycles. The van der Waals surface area contributed by atoms with Crippen LogP contribution in [0.4, 0.5) is 0 Å². The first-order valence-corrected chi connectivity index (χ1v) is 11.0. The molecule has 2 amide bonds. The number of hydroxylamine groups is 1. The molecule has 0 aliphatic rings. The molecule has 7 N–H and O–H groups in total. The molecule has 1 rings (SSSR count). The number of aliphatic imine (C=N–C) groups is 1. The fraction of sp³-hybridized carbons (Fsp3) is 0.545. The number of amides is 2. The van der Waals surface area contributed by atoms with Crippen LogP contribution in [0.15, 0.2) is 29.3 Å². The van der Waals surface area contributed by atoms with E-state index in [2.05, 4.69) is 16.4 Å². The Labute approximate surface area is 221 Å². The summed E-state index contributed by atoms with van der Waals surface area (Å²) in [6.07, 6.45) is 3.57. The van der Waals surface area contributed by atoms with E-state index in [0.29, 0.717) is 32.6 Å². The maximum Gasteiger partial charge on any atom is 1.00 e. The van der Waals surface area contributed by atoms with Crippen LogP contribution in [-0.2, 0) is 32.1 Å². The van der Waals surface area contributed by atoms with E-state index in [9.17, 15) is 19.5 Å². The van der Waals surface area contributed by atoms with E-state index in [1.807, 2.05) is 18.2 Å². The van der Waals surface area contributed by atoms with Gasteiger partial charge in [0.1, 0.15) is 6.04 Å². The Hall–Kier alpha value is -2.18. The number of rotatable bonds is 17. The number of aryl methyl sites for hydroxylation is 1. The van der Waals surface area contributed by atoms with Gasteiger partial charge in [0.25, 0.3) is 5.91 Å². The summed E-state index contributed by atoms with van der Waals surface area (Å²) in [4.78, 5) is 38.0. The van der Waals surface area contributed by atoms with Crippen LogP contribution in [0.2, 0.25) is 0 Å². The smallest absolute Gasteiger partial charge is 0.550 e. The van der Waals surface area contributed by atoms with Gasteiger partial charge in [-0.25, -0.2) is 10.5 Å². The quantitative estimate of drug-likeness (QED) is 0.0373. The number of carboxylic acids is 1. The van der Waals surface area contributed by atoms with Crippen LogP contribution in [0.3, 0.4) is 0 Å². The van der Waals surface area contributed by atoms with Crippen LogP contribution >= 0.6 is 0 Å². The number of nitrogens with zero attached hydrogens (tertiary/aromatic N) is 1. The molecule has 34 heavy (non-hydrogen) atoms. The molecule has 0 spiro atoms. The summed E-state index contributed by atoms with van der Waals surface area (Å²) in [5.74, 6) is -2.54. The molecule has 0 heterocycles. The van der Waals surface area contributed by atoms with E-state index in [-0.39, 0.29) is 48.4 Å². The summed E-state index contributed by atoms with van der Waals surface area (Å²) < 4.78 is 5.61. The number of ether oxygens (including phenoxy) is 1. The third-order valence-electron chi connectivity index (χ3n) is 4.88. The Bertz CT molecular complexity index is 789. The van der Waals surface area contributed by atoms with Gasteiger partial charge in [-0.15, -0.1) is 0 Å². The number of aliphatic carboxylic acids is 1. The van der Waals surface area contributed by atoms with Crippen LogP contribution in [0.5, 0.6) is 0 Å². The first kappa shape index (κ1) is 31.8. The van der Waals surface area contributed by atoms with Gasteiger partial charge < -0.3 is 31.4 Å². The Morgan fingerprint density at radius 3 is 2.29 bits per heavy atom. The number of carboxylic acid groups (broad SMARTS) is 1. The van der Waals surface area contributed by atoms with Crippen molar-refractivity contribution in [1.82, 2.24) is 10.8 Å². The van der Waals surface area contributed by atoms with Gasteiger partial charge >= 0.3 is 29.6 Å². The minimum absolute atomic E-state index is 0. The predicted molar refractivity (Wildman–Crippen MR) is 120 cm³/mol. The molecular formula is C22H34N5NaO6. The fourth-order valence-corrected chi connectivity index (χ4v) is 3.12. The molecule has 1 atom stereocenters. The van der Waals surface area contributed by atoms with Crippen molar-refractivity contribution in [2.24, 2.45) is 16.5 Å². The minimum atomic E-state index is -1.34. The molecule has 0 saturated carbocycles. The fourth-order valence-electron chi connectivity index (χ4n) is 3.12. The number of unbranched alkanes of at least 4 members (excludes halogenated alkanes) is 2. The van der Waals surface area contributed by atoms with Gasteiger partial charge in [0, 0.05) is 25.6 Å². The Kier molecular flexibility index (Phi) is 17.9. The van der Waals surface area contributed by atoms with E-state index < -0.39 is 30.2 Å². The normalized spacial score (nSPS) is 11.1. The average molecular weight is 488 g/mol. The molecular weight excluding hydrogens is 453 g/mol. The minimum Gasteiger partial charge on any atom is -0.550 e. The molecule has 0 aliphatic heterocycles. The van der Waals surface area contributed by atoms with Gasteiger partial charge in [0.15, 0.2) is 5.96 Å². The second-order valence-corrected chi connectivity index (χ2v) is 7.54. The average Bonchev–Trinajstić information content (AvgIpc) is 2.79. The molecule has 184 valence electrons. The van der Waals surface area contributed by atoms with Crippen molar-refractivity contribution >= 4 is 23.7 Å². The second-order valence-electron chi connectivity index (χ2n) is 7.54. The Morgan fingerprint density at radius 2 is 1.68 bits per heavy atom. The van der Waals surface area contributed by atoms with Gasteiger partial charge in [-0.05, 0) is 56.1 Å². The second kappa shape index (κ2) is 19.2. The molecule has 1 aromatic carbocycles. The van der Waals surface area contributed by atoms with Gasteiger partial charge in [-0.2, -0.15) is 0 Å². The molecule has 0 radical (unpaired) electrons. The van der Waals surface area contributed by atoms with Crippen molar-refractivity contribution in [1.29, 1.82) is 0 Å². The topological polar surface area (TPSA) is 192 Å². The van der Waals surface area contributed by atoms with Crippen LogP contribution in [0.1, 0.15) is 56.1 Å². The van der Waals surface area contributed by atoms with Gasteiger partial charge in [-0.3, -0.25) is 14.8 Å². The number of benzene rings is 1. The van der Waals surface area contributed by atoms with E-state index in [0.717, 1.165) is 24.8 Å². The monoisotopic (exact) mass is 487 g/mol. The van der Waals surface area contributed by atoms with Crippen molar-refractivity contribution in [3.63, 3.8) is 0 Å². The van der Waals surface area contributed by atoms with Gasteiger partial charge in [0.05, 0.1) is 6.54 Å². The Morgan fingerprint density at radius 1 is 1.03 bits per heavy atom. The van der Waals surface area contributed by atoms with Crippen molar-refractivity contribution in [2.45, 2.75) is 64.0 Å². The van der Waals surface area contributed by atoms with E-state index in [1.54, 1.807) is 0 Å². The van der Waals surface area contributed by atoms with Crippen molar-refractivity contribution in [3.05, 3.63) is 35.4 Å². The van der Waals surface area contributed by atoms with E-state index in [1.165, 1.54) is 11.0 Å². The number of nitrogens with one attached hydrogen (secondary N) is 2. The number of hydrogen-bond donors (Lipinski definition) is 5. The summed E-state index contributed by atoms with van der Waals surface area (Å²) in [5, 5.41) is 21.6. The number of guanidine groups is 1. The summed E-state index contributed by atoms with van der Waals surface area (Å²) >= 11 is 0. The summed E-state index contributed by atoms with van der Waals surface area (Å²) in [6.45, 7) is 1.59.